The zero-order valence-electron chi connectivity index (χ0n) is 10.3. The minimum atomic E-state index is 0.381. The Morgan fingerprint density at radius 3 is 3.06 bits per heavy atom. The number of hydrogen-bond donors (Lipinski definition) is 2. The van der Waals surface area contributed by atoms with Crippen LogP contribution in [0.5, 0.6) is 0 Å². The first-order valence-electron chi connectivity index (χ1n) is 6.05. The van der Waals surface area contributed by atoms with Gasteiger partial charge in [-0.3, -0.25) is 0 Å². The molecule has 16 heavy (non-hydrogen) atoms. The van der Waals surface area contributed by atoms with Gasteiger partial charge >= 0.3 is 0 Å². The molecule has 1 saturated heterocycles. The van der Waals surface area contributed by atoms with E-state index < -0.39 is 0 Å². The van der Waals surface area contributed by atoms with Gasteiger partial charge in [0.15, 0.2) is 0 Å². The molecule has 0 amide bonds. The fourth-order valence-electron chi connectivity index (χ4n) is 2.18. The molecule has 1 fully saturated rings. The summed E-state index contributed by atoms with van der Waals surface area (Å²) >= 11 is 1.75. The average Bonchev–Trinajstić information content (AvgIpc) is 2.84. The molecule has 3 atom stereocenters. The van der Waals surface area contributed by atoms with Gasteiger partial charge in [-0.1, -0.05) is 0 Å². The van der Waals surface area contributed by atoms with Crippen LogP contribution in [-0.4, -0.2) is 24.1 Å². The van der Waals surface area contributed by atoms with E-state index in [1.54, 1.807) is 11.3 Å². The molecule has 0 radical (unpaired) electrons. The number of aryl methyl sites for hydroxylation is 1. The second-order valence-corrected chi connectivity index (χ2v) is 5.64. The average molecular weight is 239 g/mol. The van der Waals surface area contributed by atoms with E-state index in [1.165, 1.54) is 11.4 Å². The zero-order valence-corrected chi connectivity index (χ0v) is 11.1. The van der Waals surface area contributed by atoms with Crippen LogP contribution < -0.4 is 10.6 Å². The van der Waals surface area contributed by atoms with E-state index in [1.807, 2.05) is 0 Å². The molecule has 1 aliphatic rings. The van der Waals surface area contributed by atoms with Crippen LogP contribution in [0.25, 0.3) is 0 Å². The number of thiazole rings is 1. The second-order valence-electron chi connectivity index (χ2n) is 4.75. The first-order chi connectivity index (χ1) is 7.66. The Kier molecular flexibility index (Phi) is 3.95. The molecule has 2 N–H and O–H groups in total. The van der Waals surface area contributed by atoms with Crippen molar-refractivity contribution in [2.24, 2.45) is 5.92 Å². The van der Waals surface area contributed by atoms with E-state index >= 15 is 0 Å². The summed E-state index contributed by atoms with van der Waals surface area (Å²) in [5.41, 5.74) is 1.13. The van der Waals surface area contributed by atoms with Gasteiger partial charge in [0.25, 0.3) is 0 Å². The van der Waals surface area contributed by atoms with E-state index in [4.69, 9.17) is 0 Å². The fraction of sp³-hybridized carbons (Fsp3) is 0.750. The van der Waals surface area contributed by atoms with Gasteiger partial charge in [0.1, 0.15) is 5.01 Å². The number of aromatic nitrogens is 1. The highest BCUT2D eigenvalue weighted by molar-refractivity contribution is 7.09. The first-order valence-corrected chi connectivity index (χ1v) is 6.93. The van der Waals surface area contributed by atoms with Crippen molar-refractivity contribution in [3.8, 4) is 0 Å². The monoisotopic (exact) mass is 239 g/mol. The molecule has 0 aromatic carbocycles. The van der Waals surface area contributed by atoms with Crippen molar-refractivity contribution < 1.29 is 0 Å². The quantitative estimate of drug-likeness (QED) is 0.845. The van der Waals surface area contributed by atoms with Gasteiger partial charge in [0.2, 0.25) is 0 Å². The molecular formula is C12H21N3S. The topological polar surface area (TPSA) is 37.0 Å². The van der Waals surface area contributed by atoms with E-state index in [0.29, 0.717) is 12.1 Å². The van der Waals surface area contributed by atoms with E-state index in [9.17, 15) is 0 Å². The van der Waals surface area contributed by atoms with Crippen LogP contribution in [0, 0.1) is 12.8 Å². The van der Waals surface area contributed by atoms with Gasteiger partial charge in [-0.25, -0.2) is 4.98 Å². The first kappa shape index (κ1) is 12.0. The van der Waals surface area contributed by atoms with E-state index in [-0.39, 0.29) is 0 Å². The normalized spacial score (nSPS) is 27.2. The van der Waals surface area contributed by atoms with Crippen molar-refractivity contribution in [1.82, 2.24) is 15.6 Å². The molecule has 2 heterocycles. The summed E-state index contributed by atoms with van der Waals surface area (Å²) in [5.74, 6) is 0.767. The third kappa shape index (κ3) is 2.81. The van der Waals surface area contributed by atoms with Crippen molar-refractivity contribution in [2.75, 3.05) is 13.1 Å². The molecule has 3 unspecified atom stereocenters. The number of nitrogens with one attached hydrogen (secondary N) is 2. The van der Waals surface area contributed by atoms with Crippen molar-refractivity contribution in [1.29, 1.82) is 0 Å². The minimum Gasteiger partial charge on any atom is -0.314 e. The lowest BCUT2D eigenvalue weighted by atomic mass is 10.0. The Bertz CT molecular complexity index is 337. The Balaban J connectivity index is 1.81. The van der Waals surface area contributed by atoms with Crippen LogP contribution in [0.1, 0.15) is 37.0 Å². The number of hydrogen-bond acceptors (Lipinski definition) is 4. The van der Waals surface area contributed by atoms with Gasteiger partial charge in [-0.2, -0.15) is 0 Å². The second kappa shape index (κ2) is 5.25. The highest BCUT2D eigenvalue weighted by atomic mass is 32.1. The zero-order chi connectivity index (χ0) is 11.5. The summed E-state index contributed by atoms with van der Waals surface area (Å²) in [6, 6.07) is 1.03. The highest BCUT2D eigenvalue weighted by Gasteiger charge is 2.23. The van der Waals surface area contributed by atoms with Crippen molar-refractivity contribution in [2.45, 2.75) is 39.3 Å². The van der Waals surface area contributed by atoms with Gasteiger partial charge in [-0.15, -0.1) is 11.3 Å². The fourth-order valence-corrected chi connectivity index (χ4v) is 3.01. The molecule has 4 heteroatoms. The Morgan fingerprint density at radius 2 is 2.50 bits per heavy atom. The summed E-state index contributed by atoms with van der Waals surface area (Å²) < 4.78 is 0. The number of rotatable bonds is 4. The van der Waals surface area contributed by atoms with Crippen LogP contribution in [-0.2, 0) is 0 Å². The van der Waals surface area contributed by atoms with E-state index in [0.717, 1.165) is 24.7 Å². The van der Waals surface area contributed by atoms with Crippen molar-refractivity contribution >= 4 is 11.3 Å². The molecule has 1 aromatic rings. The highest BCUT2D eigenvalue weighted by Crippen LogP contribution is 2.19. The standard InChI is InChI=1S/C12H21N3S/c1-8-7-16-12(15-8)10(3)14-6-11-4-5-13-9(11)2/h7,9-11,13-14H,4-6H2,1-3H3. The molecule has 0 spiro atoms. The smallest absolute Gasteiger partial charge is 0.110 e. The summed E-state index contributed by atoms with van der Waals surface area (Å²) in [6.45, 7) is 8.78. The van der Waals surface area contributed by atoms with Gasteiger partial charge < -0.3 is 10.6 Å². The molecule has 90 valence electrons. The third-order valence-electron chi connectivity index (χ3n) is 3.38. The minimum absolute atomic E-state index is 0.381. The predicted molar refractivity (Wildman–Crippen MR) is 68.8 cm³/mol. The Labute approximate surface area is 102 Å². The lowest BCUT2D eigenvalue weighted by molar-refractivity contribution is 0.415. The third-order valence-corrected chi connectivity index (χ3v) is 4.53. The van der Waals surface area contributed by atoms with Crippen LogP contribution in [0.3, 0.4) is 0 Å². The predicted octanol–water partition coefficient (Wildman–Crippen LogP) is 2.10. The molecule has 1 aromatic heterocycles. The molecule has 0 saturated carbocycles. The summed E-state index contributed by atoms with van der Waals surface area (Å²) in [6.07, 6.45) is 1.29. The van der Waals surface area contributed by atoms with Gasteiger partial charge in [-0.05, 0) is 39.7 Å². The maximum Gasteiger partial charge on any atom is 0.110 e. The summed E-state index contributed by atoms with van der Waals surface area (Å²) in [4.78, 5) is 4.52. The largest absolute Gasteiger partial charge is 0.314 e. The maximum absolute atomic E-state index is 4.52. The van der Waals surface area contributed by atoms with Crippen molar-refractivity contribution in [3.63, 3.8) is 0 Å². The maximum atomic E-state index is 4.52. The van der Waals surface area contributed by atoms with E-state index in [2.05, 4.69) is 41.8 Å². The van der Waals surface area contributed by atoms with Crippen LogP contribution >= 0.6 is 11.3 Å². The molecule has 0 aliphatic carbocycles. The lowest BCUT2D eigenvalue weighted by Gasteiger charge is -2.18. The van der Waals surface area contributed by atoms with Crippen LogP contribution in [0.15, 0.2) is 5.38 Å². The number of nitrogens with zero attached hydrogens (tertiary/aromatic N) is 1. The SMILES string of the molecule is Cc1csc(C(C)NCC2CCNC2C)n1. The summed E-state index contributed by atoms with van der Waals surface area (Å²) in [7, 11) is 0. The lowest BCUT2D eigenvalue weighted by Crippen LogP contribution is -2.32. The summed E-state index contributed by atoms with van der Waals surface area (Å²) in [5, 5.41) is 10.4. The molecule has 3 nitrogen and oxygen atoms in total. The van der Waals surface area contributed by atoms with Gasteiger partial charge in [0.05, 0.1) is 6.04 Å². The van der Waals surface area contributed by atoms with Gasteiger partial charge in [0, 0.05) is 23.7 Å². The van der Waals surface area contributed by atoms with Crippen LogP contribution in [0.4, 0.5) is 0 Å². The molecule has 0 bridgehead atoms. The Morgan fingerprint density at radius 1 is 1.69 bits per heavy atom. The van der Waals surface area contributed by atoms with Crippen LogP contribution in [0.2, 0.25) is 0 Å². The molecule has 2 rings (SSSR count). The Hall–Kier alpha value is -0.450. The van der Waals surface area contributed by atoms with Crippen molar-refractivity contribution in [3.05, 3.63) is 16.1 Å². The molecule has 1 aliphatic heterocycles. The molecular weight excluding hydrogens is 218 g/mol.